The lowest BCUT2D eigenvalue weighted by Gasteiger charge is -2.26. The SMILES string of the molecule is CC(=NO)c1ccc(C2CCCc3ccccc32)cc1. The molecule has 102 valence electrons. The third-order valence-corrected chi connectivity index (χ3v) is 4.25. The van der Waals surface area contributed by atoms with Crippen molar-refractivity contribution in [2.24, 2.45) is 5.16 Å². The van der Waals surface area contributed by atoms with Crippen molar-refractivity contribution in [1.29, 1.82) is 0 Å². The van der Waals surface area contributed by atoms with Crippen molar-refractivity contribution in [1.82, 2.24) is 0 Å². The molecule has 1 aliphatic rings. The quantitative estimate of drug-likeness (QED) is 0.488. The third-order valence-electron chi connectivity index (χ3n) is 4.25. The maximum atomic E-state index is 8.82. The van der Waals surface area contributed by atoms with Gasteiger partial charge in [-0.25, -0.2) is 0 Å². The Hall–Kier alpha value is -2.09. The first kappa shape index (κ1) is 12.9. The fraction of sp³-hybridized carbons (Fsp3) is 0.278. The number of fused-ring (bicyclic) bond motifs is 1. The fourth-order valence-electron chi connectivity index (χ4n) is 3.11. The van der Waals surface area contributed by atoms with Gasteiger partial charge in [0.15, 0.2) is 0 Å². The highest BCUT2D eigenvalue weighted by Crippen LogP contribution is 2.36. The molecule has 1 atom stereocenters. The van der Waals surface area contributed by atoms with E-state index in [9.17, 15) is 0 Å². The second-order valence-electron chi connectivity index (χ2n) is 5.45. The molecule has 0 aliphatic heterocycles. The molecular weight excluding hydrogens is 246 g/mol. The highest BCUT2D eigenvalue weighted by Gasteiger charge is 2.21. The second-order valence-corrected chi connectivity index (χ2v) is 5.45. The van der Waals surface area contributed by atoms with Gasteiger partial charge in [-0.2, -0.15) is 0 Å². The minimum absolute atomic E-state index is 0.500. The highest BCUT2D eigenvalue weighted by atomic mass is 16.4. The molecule has 1 unspecified atom stereocenters. The van der Waals surface area contributed by atoms with Crippen LogP contribution in [0.3, 0.4) is 0 Å². The molecule has 0 amide bonds. The van der Waals surface area contributed by atoms with Gasteiger partial charge in [0.1, 0.15) is 0 Å². The number of hydrogen-bond acceptors (Lipinski definition) is 2. The lowest BCUT2D eigenvalue weighted by Crippen LogP contribution is -2.11. The molecule has 2 aromatic rings. The minimum Gasteiger partial charge on any atom is -0.411 e. The Morgan fingerprint density at radius 1 is 1.10 bits per heavy atom. The molecule has 0 saturated heterocycles. The summed E-state index contributed by atoms with van der Waals surface area (Å²) in [5, 5.41) is 12.1. The third kappa shape index (κ3) is 2.34. The van der Waals surface area contributed by atoms with Crippen molar-refractivity contribution >= 4 is 5.71 Å². The molecule has 1 N–H and O–H groups in total. The van der Waals surface area contributed by atoms with Crippen LogP contribution in [0.25, 0.3) is 0 Å². The molecule has 1 aliphatic carbocycles. The molecule has 0 aromatic heterocycles. The van der Waals surface area contributed by atoms with Crippen LogP contribution in [0.1, 0.15) is 47.9 Å². The van der Waals surface area contributed by atoms with Gasteiger partial charge in [-0.15, -0.1) is 0 Å². The van der Waals surface area contributed by atoms with E-state index >= 15 is 0 Å². The van der Waals surface area contributed by atoms with Crippen LogP contribution >= 0.6 is 0 Å². The van der Waals surface area contributed by atoms with Gasteiger partial charge in [-0.3, -0.25) is 0 Å². The Morgan fingerprint density at radius 3 is 2.60 bits per heavy atom. The van der Waals surface area contributed by atoms with E-state index in [0.29, 0.717) is 11.6 Å². The Bertz CT molecular complexity index is 628. The summed E-state index contributed by atoms with van der Waals surface area (Å²) in [4.78, 5) is 0. The molecule has 2 nitrogen and oxygen atoms in total. The van der Waals surface area contributed by atoms with Crippen LogP contribution < -0.4 is 0 Å². The molecule has 0 bridgehead atoms. The summed E-state index contributed by atoms with van der Waals surface area (Å²) in [6, 6.07) is 17.2. The highest BCUT2D eigenvalue weighted by molar-refractivity contribution is 5.98. The Labute approximate surface area is 119 Å². The molecular formula is C18H19NO. The smallest absolute Gasteiger partial charge is 0.0836 e. The second kappa shape index (κ2) is 5.49. The first-order valence-corrected chi connectivity index (χ1v) is 7.16. The molecule has 20 heavy (non-hydrogen) atoms. The Morgan fingerprint density at radius 2 is 1.85 bits per heavy atom. The zero-order chi connectivity index (χ0) is 13.9. The first-order chi connectivity index (χ1) is 9.79. The summed E-state index contributed by atoms with van der Waals surface area (Å²) < 4.78 is 0. The molecule has 0 heterocycles. The van der Waals surface area contributed by atoms with E-state index in [-0.39, 0.29) is 0 Å². The molecule has 0 spiro atoms. The molecule has 2 heteroatoms. The minimum atomic E-state index is 0.500. The van der Waals surface area contributed by atoms with E-state index in [4.69, 9.17) is 5.21 Å². The molecule has 0 fully saturated rings. The van der Waals surface area contributed by atoms with E-state index in [1.807, 2.05) is 19.1 Å². The number of benzene rings is 2. The summed E-state index contributed by atoms with van der Waals surface area (Å²) in [5.74, 6) is 0.500. The largest absolute Gasteiger partial charge is 0.411 e. The van der Waals surface area contributed by atoms with Gasteiger partial charge in [0, 0.05) is 5.92 Å². The van der Waals surface area contributed by atoms with Gasteiger partial charge in [0.2, 0.25) is 0 Å². The summed E-state index contributed by atoms with van der Waals surface area (Å²) in [5.41, 5.74) is 5.94. The van der Waals surface area contributed by atoms with E-state index in [1.54, 1.807) is 0 Å². The number of aryl methyl sites for hydroxylation is 1. The number of rotatable bonds is 2. The summed E-state index contributed by atoms with van der Waals surface area (Å²) in [7, 11) is 0. The lowest BCUT2D eigenvalue weighted by atomic mass is 9.79. The van der Waals surface area contributed by atoms with Crippen LogP contribution in [0.5, 0.6) is 0 Å². The summed E-state index contributed by atoms with van der Waals surface area (Å²) >= 11 is 0. The van der Waals surface area contributed by atoms with Crippen molar-refractivity contribution in [3.8, 4) is 0 Å². The lowest BCUT2D eigenvalue weighted by molar-refractivity contribution is 0.319. The van der Waals surface area contributed by atoms with Crippen LogP contribution in [0, 0.1) is 0 Å². The maximum Gasteiger partial charge on any atom is 0.0836 e. The van der Waals surface area contributed by atoms with Crippen LogP contribution in [-0.2, 0) is 6.42 Å². The fourth-order valence-corrected chi connectivity index (χ4v) is 3.11. The van der Waals surface area contributed by atoms with Gasteiger partial charge < -0.3 is 5.21 Å². The van der Waals surface area contributed by atoms with Crippen molar-refractivity contribution in [3.63, 3.8) is 0 Å². The van der Waals surface area contributed by atoms with Crippen LogP contribution in [-0.4, -0.2) is 10.9 Å². The average Bonchev–Trinajstić information content (AvgIpc) is 2.54. The zero-order valence-corrected chi connectivity index (χ0v) is 11.7. The normalized spacial score (nSPS) is 18.6. The topological polar surface area (TPSA) is 32.6 Å². The van der Waals surface area contributed by atoms with Crippen molar-refractivity contribution in [3.05, 3.63) is 70.8 Å². The van der Waals surface area contributed by atoms with Crippen LogP contribution in [0.2, 0.25) is 0 Å². The van der Waals surface area contributed by atoms with E-state index in [1.165, 1.54) is 36.0 Å². The molecule has 0 saturated carbocycles. The number of hydrogen-bond donors (Lipinski definition) is 1. The van der Waals surface area contributed by atoms with Crippen molar-refractivity contribution < 1.29 is 5.21 Å². The number of nitrogens with zero attached hydrogens (tertiary/aromatic N) is 1. The summed E-state index contributed by atoms with van der Waals surface area (Å²) in [6.07, 6.45) is 3.66. The van der Waals surface area contributed by atoms with E-state index in [2.05, 4.69) is 41.6 Å². The molecule has 2 aromatic carbocycles. The summed E-state index contributed by atoms with van der Waals surface area (Å²) in [6.45, 7) is 1.81. The average molecular weight is 265 g/mol. The van der Waals surface area contributed by atoms with Gasteiger partial charge >= 0.3 is 0 Å². The van der Waals surface area contributed by atoms with E-state index in [0.717, 1.165) is 5.56 Å². The number of oxime groups is 1. The van der Waals surface area contributed by atoms with Gasteiger partial charge in [-0.05, 0) is 48.4 Å². The Balaban J connectivity index is 1.95. The van der Waals surface area contributed by atoms with Crippen molar-refractivity contribution in [2.75, 3.05) is 0 Å². The zero-order valence-electron chi connectivity index (χ0n) is 11.7. The first-order valence-electron chi connectivity index (χ1n) is 7.16. The van der Waals surface area contributed by atoms with E-state index < -0.39 is 0 Å². The predicted molar refractivity (Wildman–Crippen MR) is 81.7 cm³/mol. The maximum absolute atomic E-state index is 8.82. The van der Waals surface area contributed by atoms with Gasteiger partial charge in [-0.1, -0.05) is 53.7 Å². The van der Waals surface area contributed by atoms with Crippen LogP contribution in [0.4, 0.5) is 0 Å². The predicted octanol–water partition coefficient (Wildman–Crippen LogP) is 4.35. The Kier molecular flexibility index (Phi) is 3.55. The monoisotopic (exact) mass is 265 g/mol. The van der Waals surface area contributed by atoms with Crippen LogP contribution in [0.15, 0.2) is 53.7 Å². The molecule has 3 rings (SSSR count). The van der Waals surface area contributed by atoms with Gasteiger partial charge in [0.05, 0.1) is 5.71 Å². The molecule has 0 radical (unpaired) electrons. The standard InChI is InChI=1S/C18H19NO/c1-13(19-20)14-9-11-16(12-10-14)18-8-4-6-15-5-2-3-7-17(15)18/h2-3,5,7,9-12,18,20H,4,6,8H2,1H3. The van der Waals surface area contributed by atoms with Gasteiger partial charge in [0.25, 0.3) is 0 Å². The van der Waals surface area contributed by atoms with Crippen molar-refractivity contribution in [2.45, 2.75) is 32.1 Å².